The van der Waals surface area contributed by atoms with Crippen LogP contribution in [0.5, 0.6) is 0 Å². The second kappa shape index (κ2) is 6.21. The highest BCUT2D eigenvalue weighted by Crippen LogP contribution is 2.20. The summed E-state index contributed by atoms with van der Waals surface area (Å²) in [5.41, 5.74) is 10.0. The lowest BCUT2D eigenvalue weighted by Gasteiger charge is -2.24. The number of rotatable bonds is 6. The van der Waals surface area contributed by atoms with Crippen molar-refractivity contribution >= 4 is 5.91 Å². The van der Waals surface area contributed by atoms with E-state index in [0.29, 0.717) is 19.1 Å². The molecule has 94 valence electrons. The molecule has 0 aromatic carbocycles. The molecule has 4 heteroatoms. The number of nitrogens with two attached hydrogens (primary N) is 2. The van der Waals surface area contributed by atoms with Crippen LogP contribution in [0.3, 0.4) is 0 Å². The maximum atomic E-state index is 11.0. The fourth-order valence-electron chi connectivity index (χ4n) is 2.04. The molecule has 1 saturated carbocycles. The van der Waals surface area contributed by atoms with E-state index in [2.05, 4.69) is 0 Å². The minimum atomic E-state index is -0.893. The number of carbonyl (C=O) groups is 1. The summed E-state index contributed by atoms with van der Waals surface area (Å²) in [6.45, 7) is 2.36. The van der Waals surface area contributed by atoms with Gasteiger partial charge in [0.05, 0.1) is 11.6 Å². The quantitative estimate of drug-likeness (QED) is 0.673. The highest BCUT2D eigenvalue weighted by atomic mass is 16.5. The molecule has 1 fully saturated rings. The third-order valence-corrected chi connectivity index (χ3v) is 3.31. The van der Waals surface area contributed by atoms with Gasteiger partial charge in [0.1, 0.15) is 0 Å². The SMILES string of the molecule is CC(N)(CCCOC1CCCCC1)C(N)=O. The normalized spacial score (nSPS) is 21.6. The molecule has 0 spiro atoms. The van der Waals surface area contributed by atoms with E-state index >= 15 is 0 Å². The van der Waals surface area contributed by atoms with Crippen LogP contribution < -0.4 is 11.5 Å². The van der Waals surface area contributed by atoms with Gasteiger partial charge in [-0.15, -0.1) is 0 Å². The van der Waals surface area contributed by atoms with Gasteiger partial charge in [-0.3, -0.25) is 4.79 Å². The zero-order valence-electron chi connectivity index (χ0n) is 10.2. The lowest BCUT2D eigenvalue weighted by atomic mass is 9.96. The molecule has 0 saturated heterocycles. The summed E-state index contributed by atoms with van der Waals surface area (Å²) in [6.07, 6.45) is 8.06. The van der Waals surface area contributed by atoms with E-state index in [1.807, 2.05) is 0 Å². The van der Waals surface area contributed by atoms with E-state index in [1.54, 1.807) is 6.92 Å². The van der Waals surface area contributed by atoms with Crippen LogP contribution in [0.4, 0.5) is 0 Å². The van der Waals surface area contributed by atoms with Crippen molar-refractivity contribution < 1.29 is 9.53 Å². The molecule has 16 heavy (non-hydrogen) atoms. The van der Waals surface area contributed by atoms with Gasteiger partial charge in [-0.2, -0.15) is 0 Å². The average Bonchev–Trinajstić information content (AvgIpc) is 2.26. The smallest absolute Gasteiger partial charge is 0.237 e. The predicted molar refractivity (Wildman–Crippen MR) is 63.8 cm³/mol. The molecule has 0 bridgehead atoms. The first-order valence-corrected chi connectivity index (χ1v) is 6.23. The van der Waals surface area contributed by atoms with Crippen molar-refractivity contribution in [3.8, 4) is 0 Å². The van der Waals surface area contributed by atoms with Crippen LogP contribution >= 0.6 is 0 Å². The average molecular weight is 228 g/mol. The molecule has 0 aliphatic heterocycles. The second-order valence-corrected chi connectivity index (χ2v) is 5.02. The van der Waals surface area contributed by atoms with Crippen LogP contribution in [0.1, 0.15) is 51.9 Å². The third-order valence-electron chi connectivity index (χ3n) is 3.31. The molecule has 0 radical (unpaired) electrons. The molecule has 1 unspecified atom stereocenters. The van der Waals surface area contributed by atoms with Crippen molar-refractivity contribution in [3.63, 3.8) is 0 Å². The van der Waals surface area contributed by atoms with E-state index in [4.69, 9.17) is 16.2 Å². The van der Waals surface area contributed by atoms with Gasteiger partial charge >= 0.3 is 0 Å². The maximum Gasteiger partial charge on any atom is 0.237 e. The van der Waals surface area contributed by atoms with Crippen molar-refractivity contribution in [1.82, 2.24) is 0 Å². The largest absolute Gasteiger partial charge is 0.378 e. The Labute approximate surface area is 97.7 Å². The van der Waals surface area contributed by atoms with E-state index in [1.165, 1.54) is 32.1 Å². The summed E-state index contributed by atoms with van der Waals surface area (Å²) in [5, 5.41) is 0. The van der Waals surface area contributed by atoms with Gasteiger partial charge < -0.3 is 16.2 Å². The summed E-state index contributed by atoms with van der Waals surface area (Å²) in [7, 11) is 0. The Hall–Kier alpha value is -0.610. The van der Waals surface area contributed by atoms with Crippen LogP contribution in [0.25, 0.3) is 0 Å². The van der Waals surface area contributed by atoms with E-state index in [-0.39, 0.29) is 0 Å². The molecule has 0 aromatic rings. The Balaban J connectivity index is 2.09. The zero-order chi connectivity index (χ0) is 12.0. The molecule has 1 aliphatic carbocycles. The van der Waals surface area contributed by atoms with Crippen LogP contribution in [-0.2, 0) is 9.53 Å². The molecule has 0 heterocycles. The summed E-state index contributed by atoms with van der Waals surface area (Å²) in [4.78, 5) is 11.0. The number of hydrogen-bond acceptors (Lipinski definition) is 3. The van der Waals surface area contributed by atoms with Crippen molar-refractivity contribution in [2.45, 2.75) is 63.5 Å². The van der Waals surface area contributed by atoms with E-state index in [9.17, 15) is 4.79 Å². The topological polar surface area (TPSA) is 78.3 Å². The number of carbonyl (C=O) groups excluding carboxylic acids is 1. The molecule has 1 rings (SSSR count). The summed E-state index contributed by atoms with van der Waals surface area (Å²) in [5.74, 6) is -0.440. The van der Waals surface area contributed by atoms with Gasteiger partial charge in [-0.1, -0.05) is 19.3 Å². The standard InChI is InChI=1S/C12H24N2O2/c1-12(14,11(13)15)8-5-9-16-10-6-3-2-4-7-10/h10H,2-9,14H2,1H3,(H2,13,15). The molecule has 1 amide bonds. The third kappa shape index (κ3) is 4.49. The monoisotopic (exact) mass is 228 g/mol. The number of hydrogen-bond donors (Lipinski definition) is 2. The minimum absolute atomic E-state index is 0.423. The first kappa shape index (κ1) is 13.5. The Morgan fingerprint density at radius 3 is 2.56 bits per heavy atom. The van der Waals surface area contributed by atoms with Crippen molar-refractivity contribution in [1.29, 1.82) is 0 Å². The highest BCUT2D eigenvalue weighted by molar-refractivity contribution is 5.83. The number of ether oxygens (including phenoxy) is 1. The first-order chi connectivity index (χ1) is 7.52. The Morgan fingerprint density at radius 1 is 1.38 bits per heavy atom. The van der Waals surface area contributed by atoms with Gasteiger partial charge in [0.2, 0.25) is 5.91 Å². The van der Waals surface area contributed by atoms with E-state index in [0.717, 1.165) is 6.42 Å². The molecule has 1 atom stereocenters. The van der Waals surface area contributed by atoms with Crippen molar-refractivity contribution in [3.05, 3.63) is 0 Å². The fourth-order valence-corrected chi connectivity index (χ4v) is 2.04. The number of primary amides is 1. The van der Waals surface area contributed by atoms with Crippen LogP contribution in [0.15, 0.2) is 0 Å². The Morgan fingerprint density at radius 2 is 2.00 bits per heavy atom. The predicted octanol–water partition coefficient (Wildman–Crippen LogP) is 1.32. The summed E-state index contributed by atoms with van der Waals surface area (Å²) >= 11 is 0. The molecule has 1 aliphatic rings. The Bertz CT molecular complexity index is 223. The minimum Gasteiger partial charge on any atom is -0.378 e. The maximum absolute atomic E-state index is 11.0. The Kier molecular flexibility index (Phi) is 5.22. The highest BCUT2D eigenvalue weighted by Gasteiger charge is 2.24. The summed E-state index contributed by atoms with van der Waals surface area (Å²) < 4.78 is 5.75. The van der Waals surface area contributed by atoms with Crippen molar-refractivity contribution in [2.75, 3.05) is 6.61 Å². The lowest BCUT2D eigenvalue weighted by molar-refractivity contribution is -0.122. The van der Waals surface area contributed by atoms with Gasteiger partial charge in [0.25, 0.3) is 0 Å². The number of amides is 1. The molecular weight excluding hydrogens is 204 g/mol. The van der Waals surface area contributed by atoms with E-state index < -0.39 is 11.4 Å². The van der Waals surface area contributed by atoms with Gasteiger partial charge in [0, 0.05) is 6.61 Å². The molecule has 4 N–H and O–H groups in total. The van der Waals surface area contributed by atoms with Crippen LogP contribution in [0, 0.1) is 0 Å². The first-order valence-electron chi connectivity index (χ1n) is 6.23. The van der Waals surface area contributed by atoms with Gasteiger partial charge in [0.15, 0.2) is 0 Å². The second-order valence-electron chi connectivity index (χ2n) is 5.02. The zero-order valence-corrected chi connectivity index (χ0v) is 10.2. The van der Waals surface area contributed by atoms with Crippen LogP contribution in [-0.4, -0.2) is 24.2 Å². The van der Waals surface area contributed by atoms with Gasteiger partial charge in [-0.25, -0.2) is 0 Å². The molecule has 0 aromatic heterocycles. The molecule has 4 nitrogen and oxygen atoms in total. The lowest BCUT2D eigenvalue weighted by Crippen LogP contribution is -2.49. The van der Waals surface area contributed by atoms with Crippen molar-refractivity contribution in [2.24, 2.45) is 11.5 Å². The summed E-state index contributed by atoms with van der Waals surface area (Å²) in [6, 6.07) is 0. The fraction of sp³-hybridized carbons (Fsp3) is 0.917. The van der Waals surface area contributed by atoms with Crippen LogP contribution in [0.2, 0.25) is 0 Å². The molecular formula is C12H24N2O2. The van der Waals surface area contributed by atoms with Gasteiger partial charge in [-0.05, 0) is 32.6 Å².